The zero-order valence-corrected chi connectivity index (χ0v) is 13.1. The van der Waals surface area contributed by atoms with E-state index in [0.29, 0.717) is 19.4 Å². The molecule has 1 N–H and O–H groups in total. The van der Waals surface area contributed by atoms with Gasteiger partial charge >= 0.3 is 0 Å². The maximum atomic E-state index is 13.5. The van der Waals surface area contributed by atoms with E-state index in [9.17, 15) is 14.3 Å². The number of likely N-dealkylation sites (tertiary alicyclic amines) is 1. The first-order valence-electron chi connectivity index (χ1n) is 7.81. The molecule has 4 heteroatoms. The van der Waals surface area contributed by atoms with Gasteiger partial charge in [-0.3, -0.25) is 4.79 Å². The highest BCUT2D eigenvalue weighted by Crippen LogP contribution is 2.33. The fourth-order valence-electron chi connectivity index (χ4n) is 3.22. The summed E-state index contributed by atoms with van der Waals surface area (Å²) in [6, 6.07) is 13.8. The van der Waals surface area contributed by atoms with Gasteiger partial charge in [0.1, 0.15) is 5.82 Å². The van der Waals surface area contributed by atoms with Gasteiger partial charge in [0.25, 0.3) is 0 Å². The van der Waals surface area contributed by atoms with Crippen LogP contribution in [0.3, 0.4) is 0 Å². The number of aliphatic hydroxyl groups excluding tert-OH is 1. The Balaban J connectivity index is 1.80. The van der Waals surface area contributed by atoms with E-state index in [-0.39, 0.29) is 17.8 Å². The van der Waals surface area contributed by atoms with E-state index in [1.54, 1.807) is 17.0 Å². The van der Waals surface area contributed by atoms with Crippen LogP contribution in [-0.2, 0) is 11.2 Å². The molecule has 0 aromatic heterocycles. The second-order valence-electron chi connectivity index (χ2n) is 6.17. The third-order valence-corrected chi connectivity index (χ3v) is 4.27. The average Bonchev–Trinajstić information content (AvgIpc) is 2.89. The van der Waals surface area contributed by atoms with Crippen molar-refractivity contribution in [2.24, 2.45) is 0 Å². The van der Waals surface area contributed by atoms with Crippen molar-refractivity contribution >= 4 is 5.91 Å². The lowest BCUT2D eigenvalue weighted by Crippen LogP contribution is -2.33. The maximum Gasteiger partial charge on any atom is 0.227 e. The van der Waals surface area contributed by atoms with Crippen molar-refractivity contribution in [3.63, 3.8) is 0 Å². The van der Waals surface area contributed by atoms with Crippen LogP contribution >= 0.6 is 0 Å². The summed E-state index contributed by atoms with van der Waals surface area (Å²) in [6.07, 6.45) is 0.174. The number of β-amino-alcohol motifs (C(OH)–C–C–N with tert-alkyl or cyclic N) is 1. The molecule has 1 fully saturated rings. The number of amides is 1. The standard InChI is InChI=1S/C19H20FNO2/c1-13-4-2-5-14(8-13)9-19(23)21-12-17(22)11-18(21)15-6-3-7-16(20)10-15/h2-8,10,17-18,22H,9,11-12H2,1H3. The quantitative estimate of drug-likeness (QED) is 0.946. The van der Waals surface area contributed by atoms with Crippen LogP contribution in [0.5, 0.6) is 0 Å². The summed E-state index contributed by atoms with van der Waals surface area (Å²) in [7, 11) is 0. The number of rotatable bonds is 3. The van der Waals surface area contributed by atoms with Gasteiger partial charge in [-0.2, -0.15) is 0 Å². The third-order valence-electron chi connectivity index (χ3n) is 4.27. The molecule has 2 atom stereocenters. The van der Waals surface area contributed by atoms with Crippen molar-refractivity contribution in [3.05, 3.63) is 71.0 Å². The van der Waals surface area contributed by atoms with E-state index < -0.39 is 6.10 Å². The Labute approximate surface area is 135 Å². The van der Waals surface area contributed by atoms with Crippen LogP contribution in [0, 0.1) is 12.7 Å². The van der Waals surface area contributed by atoms with Crippen LogP contribution in [0.2, 0.25) is 0 Å². The highest BCUT2D eigenvalue weighted by atomic mass is 19.1. The van der Waals surface area contributed by atoms with Crippen LogP contribution in [0.4, 0.5) is 4.39 Å². The topological polar surface area (TPSA) is 40.5 Å². The monoisotopic (exact) mass is 313 g/mol. The summed E-state index contributed by atoms with van der Waals surface area (Å²) >= 11 is 0. The number of carbonyl (C=O) groups excluding carboxylic acids is 1. The van der Waals surface area contributed by atoms with E-state index in [1.807, 2.05) is 31.2 Å². The minimum absolute atomic E-state index is 0.0404. The van der Waals surface area contributed by atoms with Crippen molar-refractivity contribution in [2.45, 2.75) is 31.9 Å². The number of carbonyl (C=O) groups is 1. The van der Waals surface area contributed by atoms with Gasteiger partial charge in [-0.1, -0.05) is 42.0 Å². The summed E-state index contributed by atoms with van der Waals surface area (Å²) in [5.41, 5.74) is 2.80. The summed E-state index contributed by atoms with van der Waals surface area (Å²) in [5.74, 6) is -0.364. The number of aryl methyl sites for hydroxylation is 1. The Kier molecular flexibility index (Phi) is 4.44. The highest BCUT2D eigenvalue weighted by Gasteiger charge is 2.35. The summed E-state index contributed by atoms with van der Waals surface area (Å²) < 4.78 is 13.5. The summed E-state index contributed by atoms with van der Waals surface area (Å²) in [6.45, 7) is 2.29. The Morgan fingerprint density at radius 3 is 2.78 bits per heavy atom. The number of hydrogen-bond donors (Lipinski definition) is 1. The van der Waals surface area contributed by atoms with Crippen molar-refractivity contribution < 1.29 is 14.3 Å². The van der Waals surface area contributed by atoms with Crippen LogP contribution in [0.1, 0.15) is 29.2 Å². The first kappa shape index (κ1) is 15.7. The van der Waals surface area contributed by atoms with Crippen LogP contribution < -0.4 is 0 Å². The first-order chi connectivity index (χ1) is 11.0. The van der Waals surface area contributed by atoms with Crippen molar-refractivity contribution in [3.8, 4) is 0 Å². The number of hydrogen-bond acceptors (Lipinski definition) is 2. The Morgan fingerprint density at radius 2 is 2.04 bits per heavy atom. The lowest BCUT2D eigenvalue weighted by molar-refractivity contribution is -0.131. The molecular weight excluding hydrogens is 293 g/mol. The van der Waals surface area contributed by atoms with Crippen molar-refractivity contribution in [1.29, 1.82) is 0 Å². The molecule has 2 aromatic rings. The van der Waals surface area contributed by atoms with Gasteiger partial charge in [0.15, 0.2) is 0 Å². The molecule has 120 valence electrons. The molecule has 0 saturated carbocycles. The highest BCUT2D eigenvalue weighted by molar-refractivity contribution is 5.79. The zero-order valence-electron chi connectivity index (χ0n) is 13.1. The summed E-state index contributed by atoms with van der Waals surface area (Å²) in [5, 5.41) is 9.97. The van der Waals surface area contributed by atoms with E-state index >= 15 is 0 Å². The number of benzene rings is 2. The van der Waals surface area contributed by atoms with Crippen LogP contribution in [-0.4, -0.2) is 28.6 Å². The molecular formula is C19H20FNO2. The predicted octanol–water partition coefficient (Wildman–Crippen LogP) is 3.01. The van der Waals surface area contributed by atoms with Crippen molar-refractivity contribution in [1.82, 2.24) is 4.90 Å². The van der Waals surface area contributed by atoms with Gasteiger partial charge in [0.2, 0.25) is 5.91 Å². The van der Waals surface area contributed by atoms with Crippen LogP contribution in [0.25, 0.3) is 0 Å². The molecule has 2 unspecified atom stereocenters. The molecule has 1 aliphatic rings. The first-order valence-corrected chi connectivity index (χ1v) is 7.81. The molecule has 1 aliphatic heterocycles. The van der Waals surface area contributed by atoms with Gasteiger partial charge in [-0.25, -0.2) is 4.39 Å². The smallest absolute Gasteiger partial charge is 0.227 e. The van der Waals surface area contributed by atoms with Gasteiger partial charge in [-0.15, -0.1) is 0 Å². The molecule has 0 radical (unpaired) electrons. The van der Waals surface area contributed by atoms with Gasteiger partial charge in [-0.05, 0) is 36.6 Å². The minimum Gasteiger partial charge on any atom is -0.391 e. The number of halogens is 1. The third kappa shape index (κ3) is 3.59. The molecule has 23 heavy (non-hydrogen) atoms. The zero-order chi connectivity index (χ0) is 16.4. The SMILES string of the molecule is Cc1cccc(CC(=O)N2CC(O)CC2c2cccc(F)c2)c1. The fourth-order valence-corrected chi connectivity index (χ4v) is 3.22. The molecule has 3 rings (SSSR count). The second-order valence-corrected chi connectivity index (χ2v) is 6.17. The number of aliphatic hydroxyl groups is 1. The number of nitrogens with zero attached hydrogens (tertiary/aromatic N) is 1. The molecule has 0 spiro atoms. The molecule has 3 nitrogen and oxygen atoms in total. The maximum absolute atomic E-state index is 13.5. The largest absolute Gasteiger partial charge is 0.391 e. The van der Waals surface area contributed by atoms with E-state index in [0.717, 1.165) is 16.7 Å². The normalized spacial score (nSPS) is 20.7. The van der Waals surface area contributed by atoms with E-state index in [1.165, 1.54) is 12.1 Å². The predicted molar refractivity (Wildman–Crippen MR) is 86.4 cm³/mol. The molecule has 2 aromatic carbocycles. The Morgan fingerprint density at radius 1 is 1.26 bits per heavy atom. The Bertz CT molecular complexity index is 716. The Hall–Kier alpha value is -2.20. The van der Waals surface area contributed by atoms with Gasteiger partial charge in [0.05, 0.1) is 18.6 Å². The molecule has 0 bridgehead atoms. The van der Waals surface area contributed by atoms with Gasteiger partial charge in [0, 0.05) is 6.54 Å². The lowest BCUT2D eigenvalue weighted by Gasteiger charge is -2.25. The molecule has 1 amide bonds. The van der Waals surface area contributed by atoms with E-state index in [4.69, 9.17) is 0 Å². The van der Waals surface area contributed by atoms with E-state index in [2.05, 4.69) is 0 Å². The minimum atomic E-state index is -0.565. The summed E-state index contributed by atoms with van der Waals surface area (Å²) in [4.78, 5) is 14.3. The molecule has 1 saturated heterocycles. The van der Waals surface area contributed by atoms with Crippen LogP contribution in [0.15, 0.2) is 48.5 Å². The van der Waals surface area contributed by atoms with Gasteiger partial charge < -0.3 is 10.0 Å². The molecule has 1 heterocycles. The average molecular weight is 313 g/mol. The second kappa shape index (κ2) is 6.50. The fraction of sp³-hybridized carbons (Fsp3) is 0.316. The lowest BCUT2D eigenvalue weighted by atomic mass is 10.0. The van der Waals surface area contributed by atoms with Crippen molar-refractivity contribution in [2.75, 3.05) is 6.54 Å². The molecule has 0 aliphatic carbocycles.